The third kappa shape index (κ3) is 2.23. The largest absolute Gasteiger partial charge is 0.472 e. The van der Waals surface area contributed by atoms with Gasteiger partial charge in [-0.3, -0.25) is 0 Å². The molecule has 0 aromatic carbocycles. The number of rotatable bonds is 2. The van der Waals surface area contributed by atoms with Crippen molar-refractivity contribution < 1.29 is 13.8 Å². The number of nitrogens with zero attached hydrogens (tertiary/aromatic N) is 1. The standard InChI is InChI=1S/C13H18NO2/c1-10-3-5-12(6-4-10)14(2)13(15)11-7-8-16-9-11/h7-10,12H,2-6H2,1H3/q+1. The summed E-state index contributed by atoms with van der Waals surface area (Å²) in [5.41, 5.74) is 0.591. The summed E-state index contributed by atoms with van der Waals surface area (Å²) < 4.78 is 6.54. The number of carbonyl (C=O) groups excluding carboxylic acids is 1. The minimum atomic E-state index is -0.0340. The van der Waals surface area contributed by atoms with Crippen molar-refractivity contribution in [2.45, 2.75) is 38.6 Å². The third-order valence-electron chi connectivity index (χ3n) is 3.46. The normalized spacial score (nSPS) is 25.3. The van der Waals surface area contributed by atoms with Gasteiger partial charge in [-0.2, -0.15) is 4.58 Å². The van der Waals surface area contributed by atoms with Crippen LogP contribution in [0.4, 0.5) is 0 Å². The van der Waals surface area contributed by atoms with Crippen molar-refractivity contribution in [1.82, 2.24) is 0 Å². The van der Waals surface area contributed by atoms with Crippen LogP contribution in [0.5, 0.6) is 0 Å². The zero-order valence-electron chi connectivity index (χ0n) is 9.69. The highest BCUT2D eigenvalue weighted by molar-refractivity contribution is 5.88. The molecule has 3 heteroatoms. The van der Waals surface area contributed by atoms with E-state index < -0.39 is 0 Å². The summed E-state index contributed by atoms with van der Waals surface area (Å²) in [6.07, 6.45) is 7.50. The monoisotopic (exact) mass is 220 g/mol. The maximum absolute atomic E-state index is 12.0. The van der Waals surface area contributed by atoms with Crippen molar-refractivity contribution in [3.63, 3.8) is 0 Å². The van der Waals surface area contributed by atoms with E-state index in [1.54, 1.807) is 10.6 Å². The van der Waals surface area contributed by atoms with E-state index in [0.717, 1.165) is 18.8 Å². The Bertz CT molecular complexity index is 373. The molecule has 0 aliphatic heterocycles. The molecule has 0 atom stereocenters. The number of furan rings is 1. The molecule has 1 amide bonds. The van der Waals surface area contributed by atoms with Crippen LogP contribution in [-0.4, -0.2) is 23.2 Å². The quantitative estimate of drug-likeness (QED) is 0.567. The molecule has 1 aliphatic carbocycles. The van der Waals surface area contributed by atoms with E-state index >= 15 is 0 Å². The minimum Gasteiger partial charge on any atom is -0.472 e. The van der Waals surface area contributed by atoms with E-state index in [4.69, 9.17) is 4.42 Å². The maximum Gasteiger partial charge on any atom is 0.422 e. The van der Waals surface area contributed by atoms with Gasteiger partial charge in [0.2, 0.25) is 0 Å². The Morgan fingerprint density at radius 3 is 2.69 bits per heavy atom. The van der Waals surface area contributed by atoms with Gasteiger partial charge in [0, 0.05) is 12.8 Å². The summed E-state index contributed by atoms with van der Waals surface area (Å²) in [6.45, 7) is 6.15. The number of hydrogen-bond donors (Lipinski definition) is 0. The van der Waals surface area contributed by atoms with Crippen molar-refractivity contribution >= 4 is 12.6 Å². The van der Waals surface area contributed by atoms with Crippen molar-refractivity contribution in [2.24, 2.45) is 5.92 Å². The van der Waals surface area contributed by atoms with E-state index in [-0.39, 0.29) is 5.91 Å². The Balaban J connectivity index is 2.00. The first kappa shape index (κ1) is 11.1. The van der Waals surface area contributed by atoms with Crippen molar-refractivity contribution in [2.75, 3.05) is 0 Å². The Morgan fingerprint density at radius 2 is 2.12 bits per heavy atom. The van der Waals surface area contributed by atoms with Gasteiger partial charge >= 0.3 is 5.91 Å². The molecular weight excluding hydrogens is 202 g/mol. The average molecular weight is 220 g/mol. The van der Waals surface area contributed by atoms with Crippen LogP contribution < -0.4 is 0 Å². The van der Waals surface area contributed by atoms with Gasteiger partial charge in [0.25, 0.3) is 0 Å². The molecule has 1 saturated carbocycles. The van der Waals surface area contributed by atoms with Crippen LogP contribution in [0, 0.1) is 5.92 Å². The van der Waals surface area contributed by atoms with Gasteiger partial charge < -0.3 is 4.42 Å². The van der Waals surface area contributed by atoms with Gasteiger partial charge in [0.1, 0.15) is 18.5 Å². The first-order chi connectivity index (χ1) is 7.68. The highest BCUT2D eigenvalue weighted by Gasteiger charge is 2.31. The molecule has 0 N–H and O–H groups in total. The van der Waals surface area contributed by atoms with Gasteiger partial charge in [0.15, 0.2) is 6.04 Å². The minimum absolute atomic E-state index is 0.0340. The molecule has 0 spiro atoms. The summed E-state index contributed by atoms with van der Waals surface area (Å²) in [5.74, 6) is 0.752. The van der Waals surface area contributed by atoms with E-state index in [1.165, 1.54) is 25.4 Å². The predicted octanol–water partition coefficient (Wildman–Crippen LogP) is 2.71. The lowest BCUT2D eigenvalue weighted by atomic mass is 9.87. The molecule has 1 aromatic heterocycles. The summed E-state index contributed by atoms with van der Waals surface area (Å²) in [6, 6.07) is 1.98. The van der Waals surface area contributed by atoms with Crippen molar-refractivity contribution in [3.8, 4) is 0 Å². The maximum atomic E-state index is 12.0. The molecule has 0 radical (unpaired) electrons. The second-order valence-electron chi connectivity index (χ2n) is 4.70. The fourth-order valence-electron chi connectivity index (χ4n) is 2.27. The Hall–Kier alpha value is -1.38. The fourth-order valence-corrected chi connectivity index (χ4v) is 2.27. The van der Waals surface area contributed by atoms with E-state index in [9.17, 15) is 4.79 Å². The van der Waals surface area contributed by atoms with Crippen LogP contribution in [-0.2, 0) is 0 Å². The molecule has 1 aromatic rings. The predicted molar refractivity (Wildman–Crippen MR) is 61.8 cm³/mol. The Labute approximate surface area is 95.8 Å². The second kappa shape index (κ2) is 4.64. The lowest BCUT2D eigenvalue weighted by Gasteiger charge is -2.22. The summed E-state index contributed by atoms with van der Waals surface area (Å²) in [4.78, 5) is 12.0. The summed E-state index contributed by atoms with van der Waals surface area (Å²) in [5, 5.41) is 0. The SMILES string of the molecule is C=[N+](C(=O)c1ccoc1)C1CCC(C)CC1. The zero-order chi connectivity index (χ0) is 11.5. The van der Waals surface area contributed by atoms with Gasteiger partial charge in [-0.1, -0.05) is 6.92 Å². The van der Waals surface area contributed by atoms with Crippen LogP contribution in [0.3, 0.4) is 0 Å². The molecule has 0 unspecified atom stereocenters. The lowest BCUT2D eigenvalue weighted by molar-refractivity contribution is -0.469. The van der Waals surface area contributed by atoms with Crippen molar-refractivity contribution in [3.05, 3.63) is 24.2 Å². The molecule has 2 rings (SSSR count). The first-order valence-corrected chi connectivity index (χ1v) is 5.84. The average Bonchev–Trinajstić information content (AvgIpc) is 2.81. The van der Waals surface area contributed by atoms with Gasteiger partial charge in [0.05, 0.1) is 6.26 Å². The van der Waals surface area contributed by atoms with Crippen LogP contribution in [0.25, 0.3) is 0 Å². The Morgan fingerprint density at radius 1 is 1.44 bits per heavy atom. The van der Waals surface area contributed by atoms with Gasteiger partial charge in [-0.05, 0) is 24.8 Å². The summed E-state index contributed by atoms with van der Waals surface area (Å²) >= 11 is 0. The molecule has 16 heavy (non-hydrogen) atoms. The van der Waals surface area contributed by atoms with Gasteiger partial charge in [-0.15, -0.1) is 0 Å². The highest BCUT2D eigenvalue weighted by Crippen LogP contribution is 2.25. The number of carbonyl (C=O) groups is 1. The smallest absolute Gasteiger partial charge is 0.422 e. The van der Waals surface area contributed by atoms with Crippen LogP contribution in [0.1, 0.15) is 43.0 Å². The molecule has 86 valence electrons. The first-order valence-electron chi connectivity index (χ1n) is 5.84. The highest BCUT2D eigenvalue weighted by atomic mass is 16.3. The van der Waals surface area contributed by atoms with E-state index in [2.05, 4.69) is 13.6 Å². The van der Waals surface area contributed by atoms with Crippen LogP contribution in [0.15, 0.2) is 23.0 Å². The van der Waals surface area contributed by atoms with Crippen LogP contribution in [0.2, 0.25) is 0 Å². The molecular formula is C13H18NO2+. The van der Waals surface area contributed by atoms with E-state index in [1.807, 2.05) is 0 Å². The zero-order valence-corrected chi connectivity index (χ0v) is 9.69. The molecule has 0 bridgehead atoms. The molecule has 1 heterocycles. The Kier molecular flexibility index (Phi) is 3.22. The fraction of sp³-hybridized carbons (Fsp3) is 0.538. The topological polar surface area (TPSA) is 33.2 Å². The molecule has 3 nitrogen and oxygen atoms in total. The second-order valence-corrected chi connectivity index (χ2v) is 4.70. The van der Waals surface area contributed by atoms with E-state index in [0.29, 0.717) is 11.6 Å². The lowest BCUT2D eigenvalue weighted by Crippen LogP contribution is -2.33. The molecule has 1 aliphatic rings. The third-order valence-corrected chi connectivity index (χ3v) is 3.46. The molecule has 0 saturated heterocycles. The van der Waals surface area contributed by atoms with Crippen molar-refractivity contribution in [1.29, 1.82) is 0 Å². The van der Waals surface area contributed by atoms with Crippen LogP contribution >= 0.6 is 0 Å². The summed E-state index contributed by atoms with van der Waals surface area (Å²) in [7, 11) is 0. The number of hydrogen-bond acceptors (Lipinski definition) is 2. The molecule has 1 fully saturated rings. The van der Waals surface area contributed by atoms with Gasteiger partial charge in [-0.25, -0.2) is 4.79 Å². The number of amides is 1.